The van der Waals surface area contributed by atoms with E-state index in [2.05, 4.69) is 4.57 Å². The lowest BCUT2D eigenvalue weighted by atomic mass is 10.1. The predicted molar refractivity (Wildman–Crippen MR) is 107 cm³/mol. The van der Waals surface area contributed by atoms with Crippen molar-refractivity contribution in [1.82, 2.24) is 4.57 Å². The van der Waals surface area contributed by atoms with Gasteiger partial charge in [-0.3, -0.25) is 4.79 Å². The van der Waals surface area contributed by atoms with Crippen LogP contribution in [0.5, 0.6) is 0 Å². The summed E-state index contributed by atoms with van der Waals surface area (Å²) in [6.07, 6.45) is 1.94. The molecule has 0 radical (unpaired) electrons. The van der Waals surface area contributed by atoms with Gasteiger partial charge in [0.05, 0.1) is 10.5 Å². The highest BCUT2D eigenvalue weighted by molar-refractivity contribution is 8.04. The molecule has 3 aromatic rings. The lowest BCUT2D eigenvalue weighted by Crippen LogP contribution is -2.01. The average Bonchev–Trinajstić information content (AvgIpc) is 3.12. The topological polar surface area (TPSA) is 59.3 Å². The monoisotopic (exact) mass is 375 g/mol. The zero-order valence-electron chi connectivity index (χ0n) is 14.9. The molecular weight excluding hydrogens is 358 g/mol. The van der Waals surface area contributed by atoms with E-state index in [9.17, 15) is 9.59 Å². The van der Waals surface area contributed by atoms with Crippen molar-refractivity contribution in [3.8, 4) is 5.69 Å². The van der Waals surface area contributed by atoms with Crippen molar-refractivity contribution >= 4 is 29.6 Å². The normalized spacial score (nSPS) is 14.6. The van der Waals surface area contributed by atoms with Crippen molar-refractivity contribution in [2.24, 2.45) is 0 Å². The van der Waals surface area contributed by atoms with Gasteiger partial charge < -0.3 is 9.67 Å². The Morgan fingerprint density at radius 2 is 1.78 bits per heavy atom. The van der Waals surface area contributed by atoms with Gasteiger partial charge in [-0.2, -0.15) is 0 Å². The maximum atomic E-state index is 12.6. The number of aryl methyl sites for hydroxylation is 1. The molecule has 0 spiro atoms. The van der Waals surface area contributed by atoms with Crippen LogP contribution in [0.1, 0.15) is 37.7 Å². The molecule has 2 heterocycles. The highest BCUT2D eigenvalue weighted by Crippen LogP contribution is 2.41. The fourth-order valence-electron chi connectivity index (χ4n) is 3.36. The van der Waals surface area contributed by atoms with Crippen LogP contribution in [0.25, 0.3) is 11.8 Å². The van der Waals surface area contributed by atoms with E-state index >= 15 is 0 Å². The number of ketones is 1. The molecule has 0 aliphatic carbocycles. The fourth-order valence-corrected chi connectivity index (χ4v) is 4.40. The molecule has 0 atom stereocenters. The van der Waals surface area contributed by atoms with Crippen LogP contribution in [0.15, 0.2) is 64.4 Å². The first-order valence-electron chi connectivity index (χ1n) is 8.51. The molecular formula is C22H17NO3S. The van der Waals surface area contributed by atoms with Crippen molar-refractivity contribution in [1.29, 1.82) is 0 Å². The maximum Gasteiger partial charge on any atom is 0.335 e. The van der Waals surface area contributed by atoms with Crippen LogP contribution in [-0.4, -0.2) is 21.4 Å². The third-order valence-corrected chi connectivity index (χ3v) is 5.80. The number of thioether (sulfide) groups is 1. The first-order chi connectivity index (χ1) is 13.0. The number of Topliss-reactive ketones (excluding diaryl/α,β-unsaturated/α-hetero) is 1. The lowest BCUT2D eigenvalue weighted by molar-refractivity contribution is 0.0696. The summed E-state index contributed by atoms with van der Waals surface area (Å²) in [5, 5.41) is 9.07. The second-order valence-corrected chi connectivity index (χ2v) is 7.53. The molecule has 0 unspecified atom stereocenters. The van der Waals surface area contributed by atoms with Gasteiger partial charge in [-0.1, -0.05) is 23.9 Å². The number of hydrogen-bond donors (Lipinski definition) is 1. The molecule has 0 saturated heterocycles. The summed E-state index contributed by atoms with van der Waals surface area (Å²) in [5.41, 5.74) is 4.93. The smallest absolute Gasteiger partial charge is 0.335 e. The largest absolute Gasteiger partial charge is 0.478 e. The standard InChI is InChI=1S/C22H17NO3S/c1-13-11-16(12-20-21(24)18-5-3-4-6-19(18)27-20)14(2)23(13)17-9-7-15(8-10-17)22(25)26/h3-12H,1-2H3,(H,25,26)/b20-12-. The SMILES string of the molecule is Cc1cc(/C=C2\Sc3ccccc3C2=O)c(C)n1-c1ccc(C(=O)O)cc1. The van der Waals surface area contributed by atoms with Crippen LogP contribution in [-0.2, 0) is 0 Å². The predicted octanol–water partition coefficient (Wildman–Crippen LogP) is 5.12. The minimum absolute atomic E-state index is 0.0613. The summed E-state index contributed by atoms with van der Waals surface area (Å²) in [6, 6.07) is 16.5. The molecule has 134 valence electrons. The highest BCUT2D eigenvalue weighted by atomic mass is 32.2. The van der Waals surface area contributed by atoms with Gasteiger partial charge in [-0.25, -0.2) is 4.79 Å². The summed E-state index contributed by atoms with van der Waals surface area (Å²) >= 11 is 1.50. The van der Waals surface area contributed by atoms with Gasteiger partial charge >= 0.3 is 5.97 Å². The fraction of sp³-hybridized carbons (Fsp3) is 0.0909. The van der Waals surface area contributed by atoms with Crippen LogP contribution in [0.3, 0.4) is 0 Å². The first kappa shape index (κ1) is 17.4. The maximum absolute atomic E-state index is 12.6. The molecule has 4 rings (SSSR count). The number of hydrogen-bond acceptors (Lipinski definition) is 3. The van der Waals surface area contributed by atoms with Gasteiger partial charge in [-0.15, -0.1) is 0 Å². The summed E-state index contributed by atoms with van der Waals surface area (Å²) in [4.78, 5) is 25.4. The Hall–Kier alpha value is -3.05. The van der Waals surface area contributed by atoms with Crippen LogP contribution in [0.4, 0.5) is 0 Å². The number of carbonyl (C=O) groups excluding carboxylic acids is 1. The zero-order chi connectivity index (χ0) is 19.1. The Morgan fingerprint density at radius 3 is 2.44 bits per heavy atom. The minimum Gasteiger partial charge on any atom is -0.478 e. The first-order valence-corrected chi connectivity index (χ1v) is 9.33. The Balaban J connectivity index is 1.72. The van der Waals surface area contributed by atoms with Gasteiger partial charge in [0, 0.05) is 27.5 Å². The van der Waals surface area contributed by atoms with Gasteiger partial charge in [-0.05, 0) is 68.0 Å². The van der Waals surface area contributed by atoms with E-state index in [1.807, 2.05) is 50.3 Å². The number of carbonyl (C=O) groups is 2. The summed E-state index contributed by atoms with van der Waals surface area (Å²) < 4.78 is 2.06. The van der Waals surface area contributed by atoms with Crippen molar-refractivity contribution in [3.63, 3.8) is 0 Å². The third-order valence-electron chi connectivity index (χ3n) is 4.70. The van der Waals surface area contributed by atoms with Gasteiger partial charge in [0.25, 0.3) is 0 Å². The quantitative estimate of drug-likeness (QED) is 0.645. The minimum atomic E-state index is -0.941. The van der Waals surface area contributed by atoms with Gasteiger partial charge in [0.2, 0.25) is 5.78 Å². The Bertz CT molecular complexity index is 1110. The Morgan fingerprint density at radius 1 is 1.07 bits per heavy atom. The van der Waals surface area contributed by atoms with Gasteiger partial charge in [0.15, 0.2) is 0 Å². The summed E-state index contributed by atoms with van der Waals surface area (Å²) in [7, 11) is 0. The summed E-state index contributed by atoms with van der Waals surface area (Å²) in [6.45, 7) is 4.00. The van der Waals surface area contributed by atoms with Crippen molar-refractivity contribution in [2.75, 3.05) is 0 Å². The number of aromatic carboxylic acids is 1. The van der Waals surface area contributed by atoms with Crippen molar-refractivity contribution < 1.29 is 14.7 Å². The molecule has 1 aliphatic rings. The number of nitrogens with zero attached hydrogens (tertiary/aromatic N) is 1. The second kappa shape index (κ2) is 6.59. The second-order valence-electron chi connectivity index (χ2n) is 6.45. The van der Waals surface area contributed by atoms with E-state index < -0.39 is 5.97 Å². The van der Waals surface area contributed by atoms with Crippen LogP contribution >= 0.6 is 11.8 Å². The molecule has 2 aromatic carbocycles. The molecule has 1 aromatic heterocycles. The number of aromatic nitrogens is 1. The average molecular weight is 375 g/mol. The Labute approximate surface area is 161 Å². The molecule has 0 saturated carbocycles. The molecule has 1 aliphatic heterocycles. The third kappa shape index (κ3) is 3.00. The van der Waals surface area contributed by atoms with E-state index in [4.69, 9.17) is 5.11 Å². The van der Waals surface area contributed by atoms with E-state index in [1.54, 1.807) is 24.3 Å². The molecule has 0 amide bonds. The number of allylic oxidation sites excluding steroid dienone is 1. The highest BCUT2D eigenvalue weighted by Gasteiger charge is 2.25. The van der Waals surface area contributed by atoms with Crippen LogP contribution in [0, 0.1) is 13.8 Å². The Kier molecular flexibility index (Phi) is 4.24. The molecule has 0 fully saturated rings. The van der Waals surface area contributed by atoms with Crippen molar-refractivity contribution in [2.45, 2.75) is 18.7 Å². The van der Waals surface area contributed by atoms with E-state index in [1.165, 1.54) is 11.8 Å². The molecule has 27 heavy (non-hydrogen) atoms. The lowest BCUT2D eigenvalue weighted by Gasteiger charge is -2.10. The number of carboxylic acids is 1. The van der Waals surface area contributed by atoms with Crippen molar-refractivity contribution in [3.05, 3.63) is 87.6 Å². The number of benzene rings is 2. The zero-order valence-corrected chi connectivity index (χ0v) is 15.7. The summed E-state index contributed by atoms with van der Waals surface area (Å²) in [5.74, 6) is -0.879. The van der Waals surface area contributed by atoms with Crippen LogP contribution in [0.2, 0.25) is 0 Å². The number of carboxylic acid groups (broad SMARTS) is 1. The molecule has 5 heteroatoms. The van der Waals surface area contributed by atoms with E-state index in [0.717, 1.165) is 38.0 Å². The van der Waals surface area contributed by atoms with E-state index in [0.29, 0.717) is 0 Å². The number of rotatable bonds is 3. The molecule has 1 N–H and O–H groups in total. The molecule has 0 bridgehead atoms. The number of fused-ring (bicyclic) bond motifs is 1. The van der Waals surface area contributed by atoms with Gasteiger partial charge in [0.1, 0.15) is 0 Å². The van der Waals surface area contributed by atoms with E-state index in [-0.39, 0.29) is 11.3 Å². The molecule has 4 nitrogen and oxygen atoms in total. The van der Waals surface area contributed by atoms with Crippen LogP contribution < -0.4 is 0 Å².